The predicted molar refractivity (Wildman–Crippen MR) is 108 cm³/mol. The number of alkyl halides is 3. The summed E-state index contributed by atoms with van der Waals surface area (Å²) in [4.78, 5) is 21.9. The van der Waals surface area contributed by atoms with Gasteiger partial charge >= 0.3 is 6.18 Å². The third kappa shape index (κ3) is 4.41. The molecule has 0 atom stereocenters. The fourth-order valence-electron chi connectivity index (χ4n) is 3.63. The number of hydrogen-bond acceptors (Lipinski definition) is 5. The molecule has 2 aromatic carbocycles. The van der Waals surface area contributed by atoms with Gasteiger partial charge in [0.2, 0.25) is 0 Å². The molecule has 4 rings (SSSR count). The number of aromatic hydroxyl groups is 1. The molecule has 1 aromatic heterocycles. The van der Waals surface area contributed by atoms with Crippen LogP contribution in [0.5, 0.6) is 11.5 Å². The maximum absolute atomic E-state index is 12.8. The van der Waals surface area contributed by atoms with Crippen LogP contribution in [0.1, 0.15) is 22.4 Å². The Morgan fingerprint density at radius 3 is 2.61 bits per heavy atom. The van der Waals surface area contributed by atoms with Crippen molar-refractivity contribution in [1.82, 2.24) is 14.9 Å². The van der Waals surface area contributed by atoms with E-state index in [0.29, 0.717) is 54.2 Å². The first kappa shape index (κ1) is 20.9. The maximum Gasteiger partial charge on any atom is 0.416 e. The lowest BCUT2D eigenvalue weighted by atomic mass is 10.0. The number of rotatable bonds is 4. The molecule has 0 amide bonds. The van der Waals surface area contributed by atoms with Gasteiger partial charge in [0.05, 0.1) is 23.9 Å². The van der Waals surface area contributed by atoms with Gasteiger partial charge in [-0.1, -0.05) is 12.1 Å². The van der Waals surface area contributed by atoms with Crippen molar-refractivity contribution in [3.05, 3.63) is 75.2 Å². The number of nitrogens with zero attached hydrogens (tertiary/aromatic N) is 2. The third-order valence-corrected chi connectivity index (χ3v) is 5.31. The zero-order valence-corrected chi connectivity index (χ0v) is 16.7. The Kier molecular flexibility index (Phi) is 5.45. The molecular weight excluding hydrogens is 411 g/mol. The molecule has 1 aliphatic rings. The Morgan fingerprint density at radius 1 is 1.19 bits per heavy atom. The second-order valence-corrected chi connectivity index (χ2v) is 7.37. The van der Waals surface area contributed by atoms with E-state index in [1.54, 1.807) is 25.3 Å². The van der Waals surface area contributed by atoms with E-state index in [0.717, 1.165) is 12.1 Å². The summed E-state index contributed by atoms with van der Waals surface area (Å²) in [7, 11) is 1.55. The second-order valence-electron chi connectivity index (χ2n) is 7.37. The number of aromatic nitrogens is 2. The predicted octanol–water partition coefficient (Wildman–Crippen LogP) is 3.73. The van der Waals surface area contributed by atoms with E-state index >= 15 is 0 Å². The molecule has 162 valence electrons. The van der Waals surface area contributed by atoms with Crippen molar-refractivity contribution in [3.8, 4) is 22.9 Å². The summed E-state index contributed by atoms with van der Waals surface area (Å²) in [6, 6.07) is 9.52. The van der Waals surface area contributed by atoms with Crippen molar-refractivity contribution in [3.63, 3.8) is 0 Å². The lowest BCUT2D eigenvalue weighted by Gasteiger charge is -2.28. The van der Waals surface area contributed by atoms with Crippen LogP contribution in [-0.4, -0.2) is 33.6 Å². The molecule has 0 unspecified atom stereocenters. The van der Waals surface area contributed by atoms with Crippen LogP contribution in [0.2, 0.25) is 0 Å². The lowest BCUT2D eigenvalue weighted by molar-refractivity contribution is -0.137. The van der Waals surface area contributed by atoms with Crippen LogP contribution < -0.4 is 10.3 Å². The molecule has 0 saturated heterocycles. The minimum Gasteiger partial charge on any atom is -0.508 e. The number of methoxy groups -OCH3 is 1. The number of H-pyrrole nitrogens is 1. The van der Waals surface area contributed by atoms with Gasteiger partial charge in [-0.2, -0.15) is 13.2 Å². The quantitative estimate of drug-likeness (QED) is 0.658. The van der Waals surface area contributed by atoms with E-state index in [-0.39, 0.29) is 17.1 Å². The van der Waals surface area contributed by atoms with Crippen molar-refractivity contribution in [2.24, 2.45) is 0 Å². The first-order valence-corrected chi connectivity index (χ1v) is 9.62. The van der Waals surface area contributed by atoms with E-state index < -0.39 is 11.7 Å². The molecule has 0 fully saturated rings. The summed E-state index contributed by atoms with van der Waals surface area (Å²) in [5, 5.41) is 10.1. The fourth-order valence-corrected chi connectivity index (χ4v) is 3.63. The molecule has 0 bridgehead atoms. The van der Waals surface area contributed by atoms with E-state index in [1.807, 2.05) is 4.90 Å². The van der Waals surface area contributed by atoms with Crippen LogP contribution in [0, 0.1) is 0 Å². The topological polar surface area (TPSA) is 78.5 Å². The zero-order chi connectivity index (χ0) is 22.2. The monoisotopic (exact) mass is 431 g/mol. The normalized spacial score (nSPS) is 14.3. The molecule has 1 aliphatic heterocycles. The number of ether oxygens (including phenoxy) is 1. The van der Waals surface area contributed by atoms with Crippen molar-refractivity contribution in [1.29, 1.82) is 0 Å². The molecule has 0 saturated carbocycles. The van der Waals surface area contributed by atoms with Crippen LogP contribution in [0.25, 0.3) is 11.4 Å². The first-order chi connectivity index (χ1) is 14.7. The highest BCUT2D eigenvalue weighted by Gasteiger charge is 2.30. The molecule has 2 N–H and O–H groups in total. The number of halogens is 3. The van der Waals surface area contributed by atoms with Crippen molar-refractivity contribution in [2.45, 2.75) is 25.7 Å². The molecule has 0 aliphatic carbocycles. The third-order valence-electron chi connectivity index (χ3n) is 5.31. The van der Waals surface area contributed by atoms with Crippen LogP contribution >= 0.6 is 0 Å². The lowest BCUT2D eigenvalue weighted by Crippen LogP contribution is -2.35. The Hall–Kier alpha value is -3.33. The number of phenols is 1. The second kappa shape index (κ2) is 8.07. The van der Waals surface area contributed by atoms with E-state index in [2.05, 4.69) is 9.97 Å². The van der Waals surface area contributed by atoms with Gasteiger partial charge in [0.25, 0.3) is 5.56 Å². The maximum atomic E-state index is 12.8. The fraction of sp³-hybridized carbons (Fsp3) is 0.273. The first-order valence-electron chi connectivity index (χ1n) is 9.62. The van der Waals surface area contributed by atoms with Crippen LogP contribution in [0.3, 0.4) is 0 Å². The number of fused-ring (bicyclic) bond motifs is 1. The van der Waals surface area contributed by atoms with E-state index in [4.69, 9.17) is 4.74 Å². The van der Waals surface area contributed by atoms with Gasteiger partial charge in [-0.05, 0) is 30.3 Å². The van der Waals surface area contributed by atoms with E-state index in [9.17, 15) is 23.1 Å². The highest BCUT2D eigenvalue weighted by Crippen LogP contribution is 2.31. The van der Waals surface area contributed by atoms with Crippen molar-refractivity contribution < 1.29 is 23.0 Å². The summed E-state index contributed by atoms with van der Waals surface area (Å²) in [6.45, 7) is 1.40. The summed E-state index contributed by atoms with van der Waals surface area (Å²) in [6.07, 6.45) is -3.91. The van der Waals surface area contributed by atoms with Crippen LogP contribution in [-0.2, 0) is 25.7 Å². The van der Waals surface area contributed by atoms with Crippen LogP contribution in [0.15, 0.2) is 47.3 Å². The molecule has 31 heavy (non-hydrogen) atoms. The number of aromatic amines is 1. The van der Waals surface area contributed by atoms with Gasteiger partial charge in [-0.3, -0.25) is 9.69 Å². The number of benzene rings is 2. The van der Waals surface area contributed by atoms with Crippen LogP contribution in [0.4, 0.5) is 13.2 Å². The molecule has 3 aromatic rings. The summed E-state index contributed by atoms with van der Waals surface area (Å²) >= 11 is 0. The summed E-state index contributed by atoms with van der Waals surface area (Å²) < 4.78 is 43.5. The highest BCUT2D eigenvalue weighted by molar-refractivity contribution is 5.56. The zero-order valence-electron chi connectivity index (χ0n) is 16.7. The van der Waals surface area contributed by atoms with Crippen molar-refractivity contribution >= 4 is 0 Å². The smallest absolute Gasteiger partial charge is 0.416 e. The van der Waals surface area contributed by atoms with Gasteiger partial charge in [0.15, 0.2) is 0 Å². The average Bonchev–Trinajstić information content (AvgIpc) is 2.75. The molecule has 0 spiro atoms. The van der Waals surface area contributed by atoms with E-state index in [1.165, 1.54) is 12.1 Å². The van der Waals surface area contributed by atoms with Gasteiger partial charge in [-0.15, -0.1) is 0 Å². The molecule has 6 nitrogen and oxygen atoms in total. The molecular formula is C22H20F3N3O3. The minimum absolute atomic E-state index is 0.149. The largest absolute Gasteiger partial charge is 0.508 e. The number of phenolic OH excluding ortho intramolecular Hbond substituents is 1. The number of hydrogen-bond donors (Lipinski definition) is 2. The summed E-state index contributed by atoms with van der Waals surface area (Å²) in [5.74, 6) is 1.03. The average molecular weight is 431 g/mol. The Labute approximate surface area is 175 Å². The molecule has 0 radical (unpaired) electrons. The van der Waals surface area contributed by atoms with Gasteiger partial charge in [-0.25, -0.2) is 4.98 Å². The highest BCUT2D eigenvalue weighted by atomic mass is 19.4. The van der Waals surface area contributed by atoms with Gasteiger partial charge in [0.1, 0.15) is 17.3 Å². The summed E-state index contributed by atoms with van der Waals surface area (Å²) in [5.41, 5.74) is 1.17. The van der Waals surface area contributed by atoms with Gasteiger partial charge < -0.3 is 14.8 Å². The standard InChI is InChI=1S/C22H20F3N3O3/c1-31-16-6-7-19(29)14(10-16)11-28-9-8-18-17(12-28)21(30)27-20(26-18)13-2-4-15(5-3-13)22(23,24)25/h2-7,10,29H,8-9,11-12H2,1H3,(H,26,27,30). The Balaban J connectivity index is 1.56. The Bertz CT molecular complexity index is 1160. The SMILES string of the molecule is COc1ccc(O)c(CN2CCc3nc(-c4ccc(C(F)(F)F)cc4)[nH]c(=O)c3C2)c1. The molecule has 2 heterocycles. The van der Waals surface area contributed by atoms with Crippen molar-refractivity contribution in [2.75, 3.05) is 13.7 Å². The number of nitrogens with one attached hydrogen (secondary N) is 1. The Morgan fingerprint density at radius 2 is 1.94 bits per heavy atom. The minimum atomic E-state index is -4.42. The van der Waals surface area contributed by atoms with Gasteiger partial charge in [0, 0.05) is 37.2 Å². The molecule has 9 heteroatoms.